The van der Waals surface area contributed by atoms with Crippen LogP contribution in [0, 0.1) is 11.7 Å². The number of halogens is 1. The lowest BCUT2D eigenvalue weighted by Crippen LogP contribution is -2.13. The Hall–Kier alpha value is -2.07. The Morgan fingerprint density at radius 2 is 1.81 bits per heavy atom. The molecule has 3 nitrogen and oxygen atoms in total. The third-order valence-corrected chi connectivity index (χ3v) is 3.61. The second-order valence-corrected chi connectivity index (χ2v) is 5.43. The molecule has 0 bridgehead atoms. The highest BCUT2D eigenvalue weighted by atomic mass is 19.1. The standard InChI is InChI=1S/C17H18FNO2/c1-11-9-20-15-7-6-12(8-16(15)21-10-11)17(19)13-4-2-3-5-14(13)18/h2-8,11,17H,9-10,19H2,1H3. The zero-order valence-electron chi connectivity index (χ0n) is 11.9. The van der Waals surface area contributed by atoms with Crippen LogP contribution in [0.1, 0.15) is 24.1 Å². The number of fused-ring (bicyclic) bond motifs is 1. The van der Waals surface area contributed by atoms with E-state index in [0.29, 0.717) is 36.2 Å². The first-order valence-corrected chi connectivity index (χ1v) is 7.04. The Morgan fingerprint density at radius 3 is 2.57 bits per heavy atom. The fraction of sp³-hybridized carbons (Fsp3) is 0.294. The van der Waals surface area contributed by atoms with Crippen LogP contribution in [0.3, 0.4) is 0 Å². The molecule has 4 heteroatoms. The van der Waals surface area contributed by atoms with Crippen molar-refractivity contribution in [1.82, 2.24) is 0 Å². The summed E-state index contributed by atoms with van der Waals surface area (Å²) in [6, 6.07) is 11.6. The van der Waals surface area contributed by atoms with Crippen molar-refractivity contribution < 1.29 is 13.9 Å². The Labute approximate surface area is 123 Å². The molecule has 0 aliphatic carbocycles. The van der Waals surface area contributed by atoms with Crippen LogP contribution in [0.25, 0.3) is 0 Å². The van der Waals surface area contributed by atoms with Crippen LogP contribution in [0.2, 0.25) is 0 Å². The molecular weight excluding hydrogens is 269 g/mol. The summed E-state index contributed by atoms with van der Waals surface area (Å²) < 4.78 is 25.3. The summed E-state index contributed by atoms with van der Waals surface area (Å²) >= 11 is 0. The van der Waals surface area contributed by atoms with Crippen LogP contribution in [0.4, 0.5) is 4.39 Å². The molecule has 2 aromatic rings. The molecule has 0 amide bonds. The Balaban J connectivity index is 1.92. The van der Waals surface area contributed by atoms with Gasteiger partial charge in [-0.05, 0) is 23.8 Å². The number of hydrogen-bond acceptors (Lipinski definition) is 3. The molecule has 2 atom stereocenters. The monoisotopic (exact) mass is 287 g/mol. The number of nitrogens with two attached hydrogens (primary N) is 1. The highest BCUT2D eigenvalue weighted by Gasteiger charge is 2.19. The number of benzene rings is 2. The minimum Gasteiger partial charge on any atom is -0.489 e. The molecule has 0 saturated carbocycles. The molecule has 1 aliphatic rings. The summed E-state index contributed by atoms with van der Waals surface area (Å²) in [4.78, 5) is 0. The summed E-state index contributed by atoms with van der Waals surface area (Å²) in [6.45, 7) is 3.30. The smallest absolute Gasteiger partial charge is 0.161 e. The van der Waals surface area contributed by atoms with E-state index in [0.717, 1.165) is 5.56 Å². The maximum atomic E-state index is 13.8. The van der Waals surface area contributed by atoms with Gasteiger partial charge in [-0.3, -0.25) is 0 Å². The number of rotatable bonds is 2. The van der Waals surface area contributed by atoms with E-state index < -0.39 is 6.04 Å². The Morgan fingerprint density at radius 1 is 1.10 bits per heavy atom. The van der Waals surface area contributed by atoms with E-state index in [4.69, 9.17) is 15.2 Å². The van der Waals surface area contributed by atoms with Gasteiger partial charge < -0.3 is 15.2 Å². The molecule has 110 valence electrons. The number of ether oxygens (including phenoxy) is 2. The van der Waals surface area contributed by atoms with E-state index in [1.807, 2.05) is 18.2 Å². The molecule has 0 radical (unpaired) electrons. The van der Waals surface area contributed by atoms with Crippen molar-refractivity contribution in [2.75, 3.05) is 13.2 Å². The van der Waals surface area contributed by atoms with Gasteiger partial charge in [0.05, 0.1) is 19.3 Å². The second kappa shape index (κ2) is 5.74. The highest BCUT2D eigenvalue weighted by Crippen LogP contribution is 2.34. The van der Waals surface area contributed by atoms with Crippen LogP contribution >= 0.6 is 0 Å². The molecule has 2 N–H and O–H groups in total. The predicted molar refractivity (Wildman–Crippen MR) is 79.0 cm³/mol. The van der Waals surface area contributed by atoms with Gasteiger partial charge in [0.15, 0.2) is 11.5 Å². The fourth-order valence-corrected chi connectivity index (χ4v) is 2.37. The van der Waals surface area contributed by atoms with Crippen LogP contribution in [0.5, 0.6) is 11.5 Å². The Bertz CT molecular complexity index is 644. The number of hydrogen-bond donors (Lipinski definition) is 1. The van der Waals surface area contributed by atoms with Gasteiger partial charge in [-0.1, -0.05) is 31.2 Å². The molecule has 3 rings (SSSR count). The molecule has 0 fully saturated rings. The molecule has 0 spiro atoms. The first kappa shape index (κ1) is 13.9. The van der Waals surface area contributed by atoms with E-state index in [1.54, 1.807) is 18.2 Å². The third kappa shape index (κ3) is 2.85. The molecule has 2 aromatic carbocycles. The summed E-state index contributed by atoms with van der Waals surface area (Å²) in [5, 5.41) is 0. The van der Waals surface area contributed by atoms with Gasteiger partial charge in [0, 0.05) is 11.5 Å². The molecule has 21 heavy (non-hydrogen) atoms. The predicted octanol–water partition coefficient (Wildman–Crippen LogP) is 3.28. The first-order chi connectivity index (χ1) is 10.1. The van der Waals surface area contributed by atoms with Gasteiger partial charge >= 0.3 is 0 Å². The molecule has 0 saturated heterocycles. The molecular formula is C17H18FNO2. The van der Waals surface area contributed by atoms with Gasteiger partial charge in [0.1, 0.15) is 5.82 Å². The molecule has 2 unspecified atom stereocenters. The van der Waals surface area contributed by atoms with Crippen molar-refractivity contribution in [3.8, 4) is 11.5 Å². The zero-order chi connectivity index (χ0) is 14.8. The fourth-order valence-electron chi connectivity index (χ4n) is 2.37. The van der Waals surface area contributed by atoms with Gasteiger partial charge in [-0.25, -0.2) is 4.39 Å². The lowest BCUT2D eigenvalue weighted by Gasteiger charge is -2.15. The van der Waals surface area contributed by atoms with E-state index in [1.165, 1.54) is 6.07 Å². The first-order valence-electron chi connectivity index (χ1n) is 7.04. The normalized spacial score (nSPS) is 18.9. The topological polar surface area (TPSA) is 44.5 Å². The second-order valence-electron chi connectivity index (χ2n) is 5.43. The van der Waals surface area contributed by atoms with Crippen molar-refractivity contribution in [2.45, 2.75) is 13.0 Å². The van der Waals surface area contributed by atoms with Crippen LogP contribution in [-0.2, 0) is 0 Å². The summed E-state index contributed by atoms with van der Waals surface area (Å²) in [7, 11) is 0. The highest BCUT2D eigenvalue weighted by molar-refractivity contribution is 5.46. The average Bonchev–Trinajstić information content (AvgIpc) is 2.69. The van der Waals surface area contributed by atoms with Crippen molar-refractivity contribution in [3.05, 3.63) is 59.4 Å². The van der Waals surface area contributed by atoms with E-state index in [2.05, 4.69) is 6.92 Å². The van der Waals surface area contributed by atoms with Gasteiger partial charge in [0.2, 0.25) is 0 Å². The summed E-state index contributed by atoms with van der Waals surface area (Å²) in [6.07, 6.45) is 0. The Kier molecular flexibility index (Phi) is 3.80. The van der Waals surface area contributed by atoms with Gasteiger partial charge in [-0.15, -0.1) is 0 Å². The SMILES string of the molecule is CC1COc2ccc(C(N)c3ccccc3F)cc2OC1. The minimum atomic E-state index is -0.527. The third-order valence-electron chi connectivity index (χ3n) is 3.61. The summed E-state index contributed by atoms with van der Waals surface area (Å²) in [5.74, 6) is 1.42. The van der Waals surface area contributed by atoms with Crippen molar-refractivity contribution >= 4 is 0 Å². The lowest BCUT2D eigenvalue weighted by atomic mass is 9.99. The van der Waals surface area contributed by atoms with Crippen molar-refractivity contribution in [2.24, 2.45) is 11.7 Å². The van der Waals surface area contributed by atoms with E-state index in [-0.39, 0.29) is 5.82 Å². The molecule has 1 aliphatic heterocycles. The van der Waals surface area contributed by atoms with Crippen molar-refractivity contribution in [1.29, 1.82) is 0 Å². The van der Waals surface area contributed by atoms with Gasteiger partial charge in [0.25, 0.3) is 0 Å². The quantitative estimate of drug-likeness (QED) is 0.922. The lowest BCUT2D eigenvalue weighted by molar-refractivity contribution is 0.228. The average molecular weight is 287 g/mol. The largest absolute Gasteiger partial charge is 0.489 e. The van der Waals surface area contributed by atoms with E-state index in [9.17, 15) is 4.39 Å². The summed E-state index contributed by atoms with van der Waals surface area (Å²) in [5.41, 5.74) is 7.46. The van der Waals surface area contributed by atoms with Crippen molar-refractivity contribution in [3.63, 3.8) is 0 Å². The maximum absolute atomic E-state index is 13.8. The van der Waals surface area contributed by atoms with E-state index >= 15 is 0 Å². The van der Waals surface area contributed by atoms with Crippen LogP contribution in [0.15, 0.2) is 42.5 Å². The zero-order valence-corrected chi connectivity index (χ0v) is 11.9. The minimum absolute atomic E-state index is 0.300. The van der Waals surface area contributed by atoms with Crippen LogP contribution < -0.4 is 15.2 Å². The maximum Gasteiger partial charge on any atom is 0.161 e. The van der Waals surface area contributed by atoms with Gasteiger partial charge in [-0.2, -0.15) is 0 Å². The van der Waals surface area contributed by atoms with Crippen LogP contribution in [-0.4, -0.2) is 13.2 Å². The molecule has 1 heterocycles. The molecule has 0 aromatic heterocycles.